The van der Waals surface area contributed by atoms with Crippen molar-refractivity contribution < 1.29 is 17.4 Å². The zero-order valence-corrected chi connectivity index (χ0v) is 13.9. The van der Waals surface area contributed by atoms with E-state index in [-0.39, 0.29) is 12.0 Å². The molecule has 118 valence electrons. The molecule has 7 nitrogen and oxygen atoms in total. The molecule has 0 aliphatic carbocycles. The highest BCUT2D eigenvalue weighted by atomic mass is 32.2. The van der Waals surface area contributed by atoms with Crippen LogP contribution in [0.4, 0.5) is 5.13 Å². The smallest absolute Gasteiger partial charge is 0.272 e. The van der Waals surface area contributed by atoms with E-state index in [4.69, 9.17) is 4.18 Å². The highest BCUT2D eigenvalue weighted by Crippen LogP contribution is 2.25. The maximum Gasteiger partial charge on any atom is 0.272 e. The van der Waals surface area contributed by atoms with E-state index >= 15 is 0 Å². The van der Waals surface area contributed by atoms with Gasteiger partial charge in [-0.25, -0.2) is 4.98 Å². The normalized spacial score (nSPS) is 17.0. The van der Waals surface area contributed by atoms with E-state index in [0.717, 1.165) is 11.4 Å². The lowest BCUT2D eigenvalue weighted by atomic mass is 10.1. The van der Waals surface area contributed by atoms with Crippen molar-refractivity contribution in [1.82, 2.24) is 9.88 Å². The lowest BCUT2D eigenvalue weighted by Crippen LogP contribution is -2.37. The molecule has 21 heavy (non-hydrogen) atoms. The van der Waals surface area contributed by atoms with E-state index in [1.54, 1.807) is 19.5 Å². The Balaban J connectivity index is 1.95. The monoisotopic (exact) mass is 333 g/mol. The molecular weight excluding hydrogens is 314 g/mol. The lowest BCUT2D eigenvalue weighted by molar-refractivity contribution is 0.0822. The molecule has 1 saturated heterocycles. The van der Waals surface area contributed by atoms with Crippen molar-refractivity contribution in [2.45, 2.75) is 18.9 Å². The maximum absolute atomic E-state index is 11.8. The molecule has 0 saturated carbocycles. The Hall–Kier alpha value is -1.19. The molecule has 0 unspecified atom stereocenters. The quantitative estimate of drug-likeness (QED) is 0.758. The number of anilines is 1. The van der Waals surface area contributed by atoms with E-state index in [0.29, 0.717) is 31.6 Å². The molecule has 2 heterocycles. The van der Waals surface area contributed by atoms with Gasteiger partial charge in [-0.1, -0.05) is 0 Å². The third-order valence-corrected chi connectivity index (χ3v) is 4.66. The van der Waals surface area contributed by atoms with Gasteiger partial charge in [0.1, 0.15) is 5.69 Å². The average molecular weight is 333 g/mol. The van der Waals surface area contributed by atoms with Crippen molar-refractivity contribution in [3.63, 3.8) is 0 Å². The van der Waals surface area contributed by atoms with Crippen LogP contribution in [0.1, 0.15) is 23.3 Å². The van der Waals surface area contributed by atoms with Gasteiger partial charge in [0.15, 0.2) is 5.13 Å². The van der Waals surface area contributed by atoms with Crippen molar-refractivity contribution in [3.8, 4) is 0 Å². The van der Waals surface area contributed by atoms with Crippen LogP contribution in [0.5, 0.6) is 0 Å². The number of carbonyl (C=O) groups excluding carboxylic acids is 1. The van der Waals surface area contributed by atoms with Crippen molar-refractivity contribution >= 4 is 32.5 Å². The summed E-state index contributed by atoms with van der Waals surface area (Å²) >= 11 is 1.42. The summed E-state index contributed by atoms with van der Waals surface area (Å²) in [6.45, 7) is 1.34. The van der Waals surface area contributed by atoms with Crippen LogP contribution in [0.15, 0.2) is 5.38 Å². The molecule has 0 N–H and O–H groups in total. The zero-order chi connectivity index (χ0) is 15.6. The predicted octanol–water partition coefficient (Wildman–Crippen LogP) is 0.790. The van der Waals surface area contributed by atoms with Crippen molar-refractivity contribution in [3.05, 3.63) is 11.1 Å². The van der Waals surface area contributed by atoms with Gasteiger partial charge in [0, 0.05) is 32.6 Å². The van der Waals surface area contributed by atoms with Gasteiger partial charge in [0.2, 0.25) is 0 Å². The summed E-state index contributed by atoms with van der Waals surface area (Å²) in [7, 11) is -0.0245. The molecular formula is C12H19N3O4S2. The van der Waals surface area contributed by atoms with Crippen LogP contribution in [0.3, 0.4) is 0 Å². The van der Waals surface area contributed by atoms with Gasteiger partial charge >= 0.3 is 0 Å². The zero-order valence-electron chi connectivity index (χ0n) is 12.3. The fourth-order valence-corrected chi connectivity index (χ4v) is 3.67. The number of aromatic nitrogens is 1. The number of rotatable bonds is 4. The highest BCUT2D eigenvalue weighted by Gasteiger charge is 2.25. The van der Waals surface area contributed by atoms with E-state index < -0.39 is 10.1 Å². The third-order valence-electron chi connectivity index (χ3n) is 3.14. The minimum Gasteiger partial charge on any atom is -0.348 e. The summed E-state index contributed by atoms with van der Waals surface area (Å²) in [4.78, 5) is 19.7. The summed E-state index contributed by atoms with van der Waals surface area (Å²) in [5.74, 6) is -0.118. The molecule has 2 rings (SSSR count). The van der Waals surface area contributed by atoms with E-state index in [1.807, 2.05) is 0 Å². The average Bonchev–Trinajstić information content (AvgIpc) is 2.86. The molecule has 1 aliphatic heterocycles. The van der Waals surface area contributed by atoms with Gasteiger partial charge in [0.25, 0.3) is 16.0 Å². The van der Waals surface area contributed by atoms with Crippen LogP contribution in [0, 0.1) is 0 Å². The van der Waals surface area contributed by atoms with Gasteiger partial charge in [0.05, 0.1) is 12.4 Å². The molecule has 0 bridgehead atoms. The first kappa shape index (κ1) is 16.2. The van der Waals surface area contributed by atoms with E-state index in [2.05, 4.69) is 9.88 Å². The van der Waals surface area contributed by atoms with Gasteiger partial charge in [-0.2, -0.15) is 8.42 Å². The summed E-state index contributed by atoms with van der Waals surface area (Å²) in [6.07, 6.45) is 2.06. The number of nitrogens with zero attached hydrogens (tertiary/aromatic N) is 3. The van der Waals surface area contributed by atoms with Gasteiger partial charge < -0.3 is 9.80 Å². The number of hydrogen-bond acceptors (Lipinski definition) is 7. The Labute approximate surface area is 128 Å². The third kappa shape index (κ3) is 4.39. The first-order valence-corrected chi connectivity index (χ1v) is 9.26. The Morgan fingerprint density at radius 2 is 2.05 bits per heavy atom. The topological polar surface area (TPSA) is 79.8 Å². The van der Waals surface area contributed by atoms with Crippen LogP contribution in [-0.2, 0) is 14.3 Å². The first-order chi connectivity index (χ1) is 9.76. The lowest BCUT2D eigenvalue weighted by Gasteiger charge is -2.30. The molecule has 9 heteroatoms. The second-order valence-corrected chi connectivity index (χ2v) is 7.64. The first-order valence-electron chi connectivity index (χ1n) is 6.56. The Kier molecular flexibility index (Phi) is 4.84. The molecule has 1 aliphatic rings. The van der Waals surface area contributed by atoms with Crippen molar-refractivity contribution in [1.29, 1.82) is 0 Å². The molecule has 1 fully saturated rings. The van der Waals surface area contributed by atoms with Crippen LogP contribution < -0.4 is 4.90 Å². The largest absolute Gasteiger partial charge is 0.348 e. The summed E-state index contributed by atoms with van der Waals surface area (Å²) in [5.41, 5.74) is 0.439. The van der Waals surface area contributed by atoms with Gasteiger partial charge in [-0.3, -0.25) is 8.98 Å². The minimum absolute atomic E-state index is 0.118. The van der Waals surface area contributed by atoms with Gasteiger partial charge in [-0.15, -0.1) is 11.3 Å². The molecule has 1 amide bonds. The number of carbonyl (C=O) groups is 1. The molecule has 1 aromatic heterocycles. The van der Waals surface area contributed by atoms with Crippen LogP contribution in [0.25, 0.3) is 0 Å². The fourth-order valence-electron chi connectivity index (χ4n) is 2.13. The van der Waals surface area contributed by atoms with Gasteiger partial charge in [-0.05, 0) is 12.8 Å². The summed E-state index contributed by atoms with van der Waals surface area (Å²) < 4.78 is 27.2. The minimum atomic E-state index is -3.40. The van der Waals surface area contributed by atoms with Crippen molar-refractivity contribution in [2.75, 3.05) is 38.3 Å². The Morgan fingerprint density at radius 3 is 2.57 bits per heavy atom. The molecule has 1 aromatic rings. The van der Waals surface area contributed by atoms with E-state index in [1.165, 1.54) is 16.2 Å². The number of piperidine rings is 1. The molecule has 0 spiro atoms. The standard InChI is InChI=1S/C12H19N3O4S2/c1-14(2)11(16)10-8-20-12(13-10)15-6-4-9(5-7-15)19-21(3,17)18/h8-9H,4-7H2,1-3H3. The summed E-state index contributed by atoms with van der Waals surface area (Å²) in [6, 6.07) is 0. The fraction of sp³-hybridized carbons (Fsp3) is 0.667. The number of thiazole rings is 1. The second-order valence-electron chi connectivity index (χ2n) is 5.20. The number of amides is 1. The van der Waals surface area contributed by atoms with Crippen LogP contribution in [-0.4, -0.2) is 63.8 Å². The Bertz CT molecular complexity index is 604. The molecule has 0 atom stereocenters. The Morgan fingerprint density at radius 1 is 1.43 bits per heavy atom. The van der Waals surface area contributed by atoms with Crippen LogP contribution >= 0.6 is 11.3 Å². The van der Waals surface area contributed by atoms with Crippen molar-refractivity contribution in [2.24, 2.45) is 0 Å². The maximum atomic E-state index is 11.8. The van der Waals surface area contributed by atoms with E-state index in [9.17, 15) is 13.2 Å². The highest BCUT2D eigenvalue weighted by molar-refractivity contribution is 7.86. The number of hydrogen-bond donors (Lipinski definition) is 0. The predicted molar refractivity (Wildman–Crippen MR) is 81.3 cm³/mol. The SMILES string of the molecule is CN(C)C(=O)c1csc(N2CCC(OS(C)(=O)=O)CC2)n1. The molecule has 0 aromatic carbocycles. The molecule has 0 radical (unpaired) electrons. The van der Waals surface area contributed by atoms with Crippen LogP contribution in [0.2, 0.25) is 0 Å². The second kappa shape index (κ2) is 6.29. The summed E-state index contributed by atoms with van der Waals surface area (Å²) in [5, 5.41) is 2.54.